The number of fused-ring (bicyclic) bond motifs is 5. The van der Waals surface area contributed by atoms with Gasteiger partial charge in [-0.3, -0.25) is 0 Å². The Morgan fingerprint density at radius 3 is 2.00 bits per heavy atom. The van der Waals surface area contributed by atoms with Crippen LogP contribution >= 0.6 is 0 Å². The lowest BCUT2D eigenvalue weighted by Gasteiger charge is -2.05. The van der Waals surface area contributed by atoms with Gasteiger partial charge in [0.25, 0.3) is 0 Å². The summed E-state index contributed by atoms with van der Waals surface area (Å²) in [5.74, 6) is 0.702. The number of hydrogen-bond acceptors (Lipinski definition) is 3. The van der Waals surface area contributed by atoms with E-state index in [2.05, 4.69) is 36.4 Å². The van der Waals surface area contributed by atoms with Crippen molar-refractivity contribution in [1.82, 2.24) is 9.97 Å². The second kappa shape index (κ2) is 6.28. The Hall–Kier alpha value is -3.98. The van der Waals surface area contributed by atoms with Crippen LogP contribution in [-0.2, 0) is 0 Å². The maximum Gasteiger partial charge on any atom is 0.180 e. The highest BCUT2D eigenvalue weighted by molar-refractivity contribution is 6.15. The minimum Gasteiger partial charge on any atom is -0.451 e. The molecule has 0 aliphatic heterocycles. The van der Waals surface area contributed by atoms with Crippen LogP contribution in [0.3, 0.4) is 0 Å². The molecule has 0 saturated heterocycles. The lowest BCUT2D eigenvalue weighted by Crippen LogP contribution is -1.93. The Balaban J connectivity index is 1.77. The van der Waals surface area contributed by atoms with Crippen LogP contribution in [0.15, 0.2) is 101 Å². The molecule has 0 aliphatic carbocycles. The number of rotatable bonds is 2. The molecular formula is C26H16N2O. The molecule has 6 rings (SSSR count). The molecule has 0 aliphatic rings. The molecule has 136 valence electrons. The average Bonchev–Trinajstić information content (AvgIpc) is 3.19. The molecule has 0 amide bonds. The molecule has 29 heavy (non-hydrogen) atoms. The highest BCUT2D eigenvalue weighted by Crippen LogP contribution is 2.38. The van der Waals surface area contributed by atoms with E-state index in [1.165, 1.54) is 0 Å². The molecule has 2 aromatic heterocycles. The van der Waals surface area contributed by atoms with Gasteiger partial charge in [0.15, 0.2) is 11.4 Å². The van der Waals surface area contributed by atoms with Crippen LogP contribution in [-0.4, -0.2) is 9.97 Å². The Labute approximate surface area is 167 Å². The summed E-state index contributed by atoms with van der Waals surface area (Å²) in [5, 5.41) is 3.25. The fraction of sp³-hybridized carbons (Fsp3) is 0. The molecule has 0 bridgehead atoms. The predicted molar refractivity (Wildman–Crippen MR) is 118 cm³/mol. The Morgan fingerprint density at radius 1 is 0.517 bits per heavy atom. The maximum atomic E-state index is 6.42. The second-order valence-electron chi connectivity index (χ2n) is 7.07. The van der Waals surface area contributed by atoms with Crippen LogP contribution in [0.25, 0.3) is 55.5 Å². The monoisotopic (exact) mass is 372 g/mol. The molecule has 0 radical (unpaired) electrons. The van der Waals surface area contributed by atoms with E-state index in [1.54, 1.807) is 0 Å². The Morgan fingerprint density at radius 2 is 1.21 bits per heavy atom. The van der Waals surface area contributed by atoms with Gasteiger partial charge in [0.2, 0.25) is 0 Å². The van der Waals surface area contributed by atoms with E-state index >= 15 is 0 Å². The number of hydrogen-bond donors (Lipinski definition) is 0. The predicted octanol–water partition coefficient (Wildman–Crippen LogP) is 6.86. The van der Waals surface area contributed by atoms with Crippen LogP contribution in [0.1, 0.15) is 0 Å². The molecule has 0 spiro atoms. The van der Waals surface area contributed by atoms with Crippen molar-refractivity contribution in [2.24, 2.45) is 0 Å². The normalized spacial score (nSPS) is 11.4. The molecule has 0 unspecified atom stereocenters. The number of nitrogens with zero attached hydrogens (tertiary/aromatic N) is 2. The zero-order valence-corrected chi connectivity index (χ0v) is 15.5. The largest absolute Gasteiger partial charge is 0.451 e. The van der Waals surface area contributed by atoms with Gasteiger partial charge in [0.1, 0.15) is 16.8 Å². The van der Waals surface area contributed by atoms with Crippen molar-refractivity contribution in [1.29, 1.82) is 0 Å². The van der Waals surface area contributed by atoms with Gasteiger partial charge in [-0.05, 0) is 11.5 Å². The highest BCUT2D eigenvalue weighted by atomic mass is 16.3. The van der Waals surface area contributed by atoms with Gasteiger partial charge in [0.05, 0.1) is 0 Å². The number of benzene rings is 4. The third-order valence-electron chi connectivity index (χ3n) is 5.28. The highest BCUT2D eigenvalue weighted by Gasteiger charge is 2.19. The number of aromatic nitrogens is 2. The lowest BCUT2D eigenvalue weighted by atomic mass is 10.1. The third kappa shape index (κ3) is 2.52. The van der Waals surface area contributed by atoms with Gasteiger partial charge in [-0.1, -0.05) is 91.0 Å². The first-order valence-electron chi connectivity index (χ1n) is 9.61. The van der Waals surface area contributed by atoms with E-state index in [4.69, 9.17) is 14.4 Å². The summed E-state index contributed by atoms with van der Waals surface area (Å²) < 4.78 is 6.42. The molecule has 2 heterocycles. The van der Waals surface area contributed by atoms with Crippen LogP contribution in [0.2, 0.25) is 0 Å². The summed E-state index contributed by atoms with van der Waals surface area (Å²) in [6.45, 7) is 0. The molecule has 4 aromatic carbocycles. The smallest absolute Gasteiger partial charge is 0.180 e. The Bertz CT molecular complexity index is 1490. The summed E-state index contributed by atoms with van der Waals surface area (Å²) in [4.78, 5) is 9.83. The molecule has 0 atom stereocenters. The first-order valence-corrected chi connectivity index (χ1v) is 9.61. The minimum absolute atomic E-state index is 0.702. The topological polar surface area (TPSA) is 38.9 Å². The maximum absolute atomic E-state index is 6.42. The van der Waals surface area contributed by atoms with Crippen molar-refractivity contribution in [2.45, 2.75) is 0 Å². The van der Waals surface area contributed by atoms with Gasteiger partial charge in [0, 0.05) is 21.9 Å². The lowest BCUT2D eigenvalue weighted by molar-refractivity contribution is 0.671. The fourth-order valence-corrected chi connectivity index (χ4v) is 3.88. The van der Waals surface area contributed by atoms with Gasteiger partial charge in [-0.15, -0.1) is 0 Å². The van der Waals surface area contributed by atoms with Gasteiger partial charge >= 0.3 is 0 Å². The van der Waals surface area contributed by atoms with E-state index in [0.29, 0.717) is 5.82 Å². The van der Waals surface area contributed by atoms with Gasteiger partial charge < -0.3 is 4.42 Å². The van der Waals surface area contributed by atoms with E-state index in [-0.39, 0.29) is 0 Å². The first-order chi connectivity index (χ1) is 14.4. The quantitative estimate of drug-likeness (QED) is 0.333. The summed E-state index contributed by atoms with van der Waals surface area (Å²) >= 11 is 0. The summed E-state index contributed by atoms with van der Waals surface area (Å²) in [6.07, 6.45) is 0. The van der Waals surface area contributed by atoms with Crippen molar-refractivity contribution in [2.75, 3.05) is 0 Å². The minimum atomic E-state index is 0.702. The molecule has 3 nitrogen and oxygen atoms in total. The van der Waals surface area contributed by atoms with E-state index in [0.717, 1.165) is 49.7 Å². The SMILES string of the molecule is c1ccc(-c2nc(-c3ccccc3)c3oc4c5ccccc5ccc4c3n2)cc1. The zero-order chi connectivity index (χ0) is 19.2. The van der Waals surface area contributed by atoms with Crippen molar-refractivity contribution in [3.05, 3.63) is 97.1 Å². The van der Waals surface area contributed by atoms with Gasteiger partial charge in [-0.25, -0.2) is 9.97 Å². The standard InChI is InChI=1S/C26H16N2O/c1-3-10-18(11-4-1)22-25-23(28-26(27-22)19-12-5-2-6-13-19)21-16-15-17-9-7-8-14-20(17)24(21)29-25/h1-16H. The average molecular weight is 372 g/mol. The zero-order valence-electron chi connectivity index (χ0n) is 15.5. The molecule has 6 aromatic rings. The first kappa shape index (κ1) is 16.0. The molecule has 3 heteroatoms. The second-order valence-corrected chi connectivity index (χ2v) is 7.07. The van der Waals surface area contributed by atoms with Crippen molar-refractivity contribution in [3.8, 4) is 22.6 Å². The van der Waals surface area contributed by atoms with Gasteiger partial charge in [-0.2, -0.15) is 0 Å². The van der Waals surface area contributed by atoms with Crippen LogP contribution in [0.5, 0.6) is 0 Å². The molecule has 0 saturated carbocycles. The van der Waals surface area contributed by atoms with Crippen molar-refractivity contribution in [3.63, 3.8) is 0 Å². The van der Waals surface area contributed by atoms with Crippen molar-refractivity contribution < 1.29 is 4.42 Å². The summed E-state index contributed by atoms with van der Waals surface area (Å²) in [6, 6.07) is 32.7. The number of furan rings is 1. The third-order valence-corrected chi connectivity index (χ3v) is 5.28. The fourth-order valence-electron chi connectivity index (χ4n) is 3.88. The van der Waals surface area contributed by atoms with E-state index in [1.807, 2.05) is 60.7 Å². The van der Waals surface area contributed by atoms with Crippen LogP contribution < -0.4 is 0 Å². The van der Waals surface area contributed by atoms with Crippen LogP contribution in [0, 0.1) is 0 Å². The van der Waals surface area contributed by atoms with Crippen molar-refractivity contribution >= 4 is 32.8 Å². The summed E-state index contributed by atoms with van der Waals surface area (Å²) in [7, 11) is 0. The van der Waals surface area contributed by atoms with E-state index in [9.17, 15) is 0 Å². The van der Waals surface area contributed by atoms with E-state index < -0.39 is 0 Å². The summed E-state index contributed by atoms with van der Waals surface area (Å²) in [5.41, 5.74) is 5.24. The Kier molecular flexibility index (Phi) is 3.47. The molecule has 0 fully saturated rings. The molecule has 0 N–H and O–H groups in total. The molecular weight excluding hydrogens is 356 g/mol. The van der Waals surface area contributed by atoms with Crippen LogP contribution in [0.4, 0.5) is 0 Å².